The van der Waals surface area contributed by atoms with Crippen LogP contribution in [0.3, 0.4) is 0 Å². The highest BCUT2D eigenvalue weighted by molar-refractivity contribution is 7.98. The maximum atomic E-state index is 11.6. The van der Waals surface area contributed by atoms with Gasteiger partial charge in [-0.1, -0.05) is 56.0 Å². The number of hydrogen-bond donors (Lipinski definition) is 0. The third-order valence-corrected chi connectivity index (χ3v) is 10.1. The van der Waals surface area contributed by atoms with Gasteiger partial charge in [-0.25, -0.2) is 8.42 Å². The largest absolute Gasteiger partial charge is 0.340 e. The van der Waals surface area contributed by atoms with Crippen LogP contribution in [-0.4, -0.2) is 30.1 Å². The van der Waals surface area contributed by atoms with Gasteiger partial charge in [0.15, 0.2) is 9.84 Å². The Morgan fingerprint density at radius 2 is 1.09 bits per heavy atom. The molecule has 0 aliphatic rings. The van der Waals surface area contributed by atoms with E-state index in [1.165, 1.54) is 16.7 Å². The van der Waals surface area contributed by atoms with E-state index in [2.05, 4.69) is 89.9 Å². The molecule has 0 N–H and O–H groups in total. The van der Waals surface area contributed by atoms with E-state index in [-0.39, 0.29) is 12.3 Å². The molecule has 8 heteroatoms. The summed E-state index contributed by atoms with van der Waals surface area (Å²) in [6.07, 6.45) is 3.26. The van der Waals surface area contributed by atoms with Crippen LogP contribution in [0, 0.1) is 36.5 Å². The number of nitrogens with zero attached hydrogens (tertiary/aromatic N) is 4. The molecule has 0 unspecified atom stereocenters. The maximum absolute atomic E-state index is 11.6. The standard InChI is InChI=1S/C19H18N2O2S.C19H18N2S.CH4/c1-4-21-18-11-13(2)5-10-16(18)17(12-20)19(21)14-6-8-15(9-7-14)24(3,22)23;1-4-21-18-11-13(2)5-10-16(18)17(12-20)19(21)14-6-8-15(22-3)9-7-14;/h5-11H,4H2,1-3H3;5-11H,4H2,1-3H3;1H4. The lowest BCUT2D eigenvalue weighted by atomic mass is 10.1. The molecule has 0 spiro atoms. The second-order valence-corrected chi connectivity index (χ2v) is 14.1. The van der Waals surface area contributed by atoms with Crippen LogP contribution in [0.15, 0.2) is 94.7 Å². The average molecular weight is 661 g/mol. The zero-order valence-electron chi connectivity index (χ0n) is 26.9. The van der Waals surface area contributed by atoms with Crippen molar-refractivity contribution in [3.8, 4) is 34.7 Å². The van der Waals surface area contributed by atoms with E-state index in [0.29, 0.717) is 5.56 Å². The minimum absolute atomic E-state index is 0. The van der Waals surface area contributed by atoms with Crippen LogP contribution < -0.4 is 0 Å². The third kappa shape index (κ3) is 6.72. The monoisotopic (exact) mass is 660 g/mol. The molecule has 0 saturated heterocycles. The summed E-state index contributed by atoms with van der Waals surface area (Å²) in [5.74, 6) is 0. The van der Waals surface area contributed by atoms with Crippen LogP contribution in [0.1, 0.15) is 43.5 Å². The minimum atomic E-state index is -3.24. The number of benzene rings is 4. The normalized spacial score (nSPS) is 11.0. The molecule has 0 atom stereocenters. The molecule has 240 valence electrons. The van der Waals surface area contributed by atoms with Crippen molar-refractivity contribution in [2.45, 2.75) is 58.0 Å². The molecule has 6 aromatic rings. The summed E-state index contributed by atoms with van der Waals surface area (Å²) in [7, 11) is -3.24. The first-order valence-electron chi connectivity index (χ1n) is 15.1. The Morgan fingerprint density at radius 3 is 1.43 bits per heavy atom. The van der Waals surface area contributed by atoms with E-state index in [4.69, 9.17) is 0 Å². The molecule has 0 radical (unpaired) electrons. The van der Waals surface area contributed by atoms with Crippen LogP contribution in [0.25, 0.3) is 44.3 Å². The summed E-state index contributed by atoms with van der Waals surface area (Å²) < 4.78 is 27.6. The second kappa shape index (κ2) is 14.3. The number of fused-ring (bicyclic) bond motifs is 2. The van der Waals surface area contributed by atoms with Gasteiger partial charge in [0.05, 0.1) is 38.4 Å². The molecule has 0 saturated carbocycles. The van der Waals surface area contributed by atoms with Crippen molar-refractivity contribution in [3.63, 3.8) is 0 Å². The van der Waals surface area contributed by atoms with Gasteiger partial charge in [0, 0.05) is 35.0 Å². The fourth-order valence-corrected chi connectivity index (χ4v) is 7.05. The van der Waals surface area contributed by atoms with Crippen molar-refractivity contribution in [1.29, 1.82) is 10.5 Å². The second-order valence-electron chi connectivity index (χ2n) is 11.2. The van der Waals surface area contributed by atoms with Crippen LogP contribution in [0.5, 0.6) is 0 Å². The van der Waals surface area contributed by atoms with Crippen molar-refractivity contribution in [3.05, 3.63) is 107 Å². The summed E-state index contributed by atoms with van der Waals surface area (Å²) in [6, 6.07) is 32.3. The Balaban J connectivity index is 0.000000209. The van der Waals surface area contributed by atoms with Gasteiger partial charge in [-0.2, -0.15) is 10.5 Å². The number of hydrogen-bond acceptors (Lipinski definition) is 5. The van der Waals surface area contributed by atoms with Crippen molar-refractivity contribution >= 4 is 43.4 Å². The van der Waals surface area contributed by atoms with Gasteiger partial charge in [-0.05, 0) is 92.6 Å². The van der Waals surface area contributed by atoms with Gasteiger partial charge in [-0.3, -0.25) is 0 Å². The SMILES string of the molecule is C.CCn1c(-c2ccc(S(C)(=O)=O)cc2)c(C#N)c2ccc(C)cc21.CCn1c(-c2ccc(SC)cc2)c(C#N)c2ccc(C)cc21. The molecule has 4 aromatic carbocycles. The predicted octanol–water partition coefficient (Wildman–Crippen LogP) is 9.78. The molecule has 6 nitrogen and oxygen atoms in total. The molecule has 0 fully saturated rings. The number of aryl methyl sites for hydroxylation is 4. The molecular weight excluding hydrogens is 621 g/mol. The van der Waals surface area contributed by atoms with Crippen LogP contribution in [0.2, 0.25) is 0 Å². The number of aromatic nitrogens is 2. The van der Waals surface area contributed by atoms with Crippen molar-refractivity contribution in [2.75, 3.05) is 12.5 Å². The number of nitriles is 2. The Labute approximate surface area is 282 Å². The van der Waals surface area contributed by atoms with E-state index in [1.807, 2.05) is 26.0 Å². The molecular formula is C39H40N4O2S2. The smallest absolute Gasteiger partial charge is 0.175 e. The quantitative estimate of drug-likeness (QED) is 0.166. The molecule has 2 heterocycles. The molecule has 2 aromatic heterocycles. The number of thioether (sulfide) groups is 1. The van der Waals surface area contributed by atoms with E-state index in [1.54, 1.807) is 36.0 Å². The molecule has 47 heavy (non-hydrogen) atoms. The summed E-state index contributed by atoms with van der Waals surface area (Å²) in [6.45, 7) is 9.86. The molecule has 6 rings (SSSR count). The Morgan fingerprint density at radius 1 is 0.681 bits per heavy atom. The molecule has 0 amide bonds. The lowest BCUT2D eigenvalue weighted by molar-refractivity contribution is 0.602. The van der Waals surface area contributed by atoms with Crippen LogP contribution in [0.4, 0.5) is 0 Å². The first-order valence-corrected chi connectivity index (χ1v) is 18.2. The van der Waals surface area contributed by atoms with E-state index >= 15 is 0 Å². The molecule has 0 bridgehead atoms. The third-order valence-electron chi connectivity index (χ3n) is 8.22. The zero-order valence-corrected chi connectivity index (χ0v) is 28.6. The highest BCUT2D eigenvalue weighted by Gasteiger charge is 2.19. The van der Waals surface area contributed by atoms with Gasteiger partial charge in [-0.15, -0.1) is 11.8 Å². The van der Waals surface area contributed by atoms with Crippen molar-refractivity contribution in [1.82, 2.24) is 9.13 Å². The van der Waals surface area contributed by atoms with Gasteiger partial charge in [0.25, 0.3) is 0 Å². The summed E-state index contributed by atoms with van der Waals surface area (Å²) in [5.41, 5.74) is 9.72. The minimum Gasteiger partial charge on any atom is -0.340 e. The zero-order chi connectivity index (χ0) is 33.2. The average Bonchev–Trinajstić information content (AvgIpc) is 3.55. The fraction of sp³-hybridized carbons (Fsp3) is 0.231. The number of sulfone groups is 1. The molecule has 0 aliphatic heterocycles. The topological polar surface area (TPSA) is 91.6 Å². The van der Waals surface area contributed by atoms with Gasteiger partial charge in [0.1, 0.15) is 12.1 Å². The predicted molar refractivity (Wildman–Crippen MR) is 197 cm³/mol. The van der Waals surface area contributed by atoms with Gasteiger partial charge >= 0.3 is 0 Å². The van der Waals surface area contributed by atoms with Crippen LogP contribution >= 0.6 is 11.8 Å². The Bertz CT molecular complexity index is 2260. The number of rotatable bonds is 6. The highest BCUT2D eigenvalue weighted by atomic mass is 32.2. The Hall–Kier alpha value is -4.76. The van der Waals surface area contributed by atoms with Gasteiger partial charge < -0.3 is 9.13 Å². The van der Waals surface area contributed by atoms with Gasteiger partial charge in [0.2, 0.25) is 0 Å². The molecule has 0 aliphatic carbocycles. The lowest BCUT2D eigenvalue weighted by Crippen LogP contribution is -1.99. The fourth-order valence-electron chi connectivity index (χ4n) is 6.01. The summed E-state index contributed by atoms with van der Waals surface area (Å²) in [4.78, 5) is 1.51. The first-order chi connectivity index (χ1) is 22.1. The first kappa shape index (κ1) is 35.1. The van der Waals surface area contributed by atoms with Crippen molar-refractivity contribution in [2.24, 2.45) is 0 Å². The summed E-state index contributed by atoms with van der Waals surface area (Å²) in [5, 5.41) is 21.3. The lowest BCUT2D eigenvalue weighted by Gasteiger charge is -2.09. The van der Waals surface area contributed by atoms with Crippen LogP contribution in [-0.2, 0) is 22.9 Å². The summed E-state index contributed by atoms with van der Waals surface area (Å²) >= 11 is 1.73. The Kier molecular flexibility index (Phi) is 10.7. The van der Waals surface area contributed by atoms with E-state index in [9.17, 15) is 18.9 Å². The van der Waals surface area contributed by atoms with E-state index in [0.717, 1.165) is 68.5 Å². The van der Waals surface area contributed by atoms with Crippen molar-refractivity contribution < 1.29 is 8.42 Å². The van der Waals surface area contributed by atoms with E-state index < -0.39 is 9.84 Å². The maximum Gasteiger partial charge on any atom is 0.175 e. The highest BCUT2D eigenvalue weighted by Crippen LogP contribution is 2.36.